The number of nitrogens with one attached hydrogen (secondary N) is 2. The van der Waals surface area contributed by atoms with Crippen molar-refractivity contribution in [3.8, 4) is 6.01 Å². The molecular formula is C10H11BrN4O2S. The van der Waals surface area contributed by atoms with Gasteiger partial charge >= 0.3 is 6.01 Å². The van der Waals surface area contributed by atoms with Gasteiger partial charge in [-0.05, 0) is 41.4 Å². The van der Waals surface area contributed by atoms with Crippen LogP contribution in [0.1, 0.15) is 22.2 Å². The van der Waals surface area contributed by atoms with Crippen LogP contribution in [-0.4, -0.2) is 27.7 Å². The third kappa shape index (κ3) is 2.88. The monoisotopic (exact) mass is 330 g/mol. The first-order valence-electron chi connectivity index (χ1n) is 5.22. The molecule has 0 spiro atoms. The van der Waals surface area contributed by atoms with Crippen LogP contribution < -0.4 is 10.1 Å². The number of nitrogens with zero attached hydrogens (tertiary/aromatic N) is 2. The Kier molecular flexibility index (Phi) is 3.97. The second-order valence-electron chi connectivity index (χ2n) is 3.42. The van der Waals surface area contributed by atoms with Gasteiger partial charge in [-0.15, -0.1) is 16.4 Å². The summed E-state index contributed by atoms with van der Waals surface area (Å²) in [5.74, 6) is 0.0404. The van der Waals surface area contributed by atoms with Crippen molar-refractivity contribution in [1.29, 1.82) is 0 Å². The lowest BCUT2D eigenvalue weighted by atomic mass is 10.3. The highest BCUT2D eigenvalue weighted by molar-refractivity contribution is 9.11. The van der Waals surface area contributed by atoms with E-state index in [-0.39, 0.29) is 17.9 Å². The molecule has 0 aliphatic heterocycles. The van der Waals surface area contributed by atoms with E-state index in [0.29, 0.717) is 11.5 Å². The van der Waals surface area contributed by atoms with Crippen molar-refractivity contribution in [3.63, 3.8) is 0 Å². The first kappa shape index (κ1) is 13.0. The Hall–Kier alpha value is -1.41. The largest absolute Gasteiger partial charge is 0.463 e. The molecule has 2 aromatic heterocycles. The lowest BCUT2D eigenvalue weighted by molar-refractivity contribution is 0.102. The molecule has 2 rings (SSSR count). The van der Waals surface area contributed by atoms with Gasteiger partial charge in [0.2, 0.25) is 5.95 Å². The Morgan fingerprint density at radius 1 is 1.67 bits per heavy atom. The number of ether oxygens (including phenoxy) is 1. The number of rotatable bonds is 4. The van der Waals surface area contributed by atoms with Crippen LogP contribution in [-0.2, 0) is 0 Å². The van der Waals surface area contributed by atoms with Crippen molar-refractivity contribution in [2.24, 2.45) is 0 Å². The maximum Gasteiger partial charge on any atom is 0.337 e. The van der Waals surface area contributed by atoms with Gasteiger partial charge in [0.15, 0.2) is 0 Å². The average molecular weight is 331 g/mol. The molecule has 0 radical (unpaired) electrons. The SMILES string of the molecule is CCOc1n[nH]c(NC(=O)c2cc(C)c(Br)s2)n1. The molecular weight excluding hydrogens is 320 g/mol. The summed E-state index contributed by atoms with van der Waals surface area (Å²) < 4.78 is 6.03. The average Bonchev–Trinajstić information content (AvgIpc) is 2.88. The van der Waals surface area contributed by atoms with E-state index >= 15 is 0 Å². The minimum Gasteiger partial charge on any atom is -0.463 e. The summed E-state index contributed by atoms with van der Waals surface area (Å²) in [6, 6.07) is 2.03. The lowest BCUT2D eigenvalue weighted by Gasteiger charge is -1.97. The van der Waals surface area contributed by atoms with Gasteiger partial charge in [-0.25, -0.2) is 5.10 Å². The normalized spacial score (nSPS) is 10.4. The van der Waals surface area contributed by atoms with Crippen molar-refractivity contribution in [3.05, 3.63) is 20.3 Å². The van der Waals surface area contributed by atoms with E-state index in [1.807, 2.05) is 19.9 Å². The molecule has 0 fully saturated rings. The standard InChI is InChI=1S/C10H11BrN4O2S/c1-3-17-10-13-9(14-15-10)12-8(16)6-4-5(2)7(11)18-6/h4H,3H2,1-2H3,(H2,12,13,14,15,16). The second kappa shape index (κ2) is 5.49. The van der Waals surface area contributed by atoms with Gasteiger partial charge in [-0.2, -0.15) is 4.98 Å². The van der Waals surface area contributed by atoms with Crippen molar-refractivity contribution in [2.45, 2.75) is 13.8 Å². The molecule has 0 saturated heterocycles. The van der Waals surface area contributed by atoms with Gasteiger partial charge in [0.1, 0.15) is 0 Å². The topological polar surface area (TPSA) is 79.9 Å². The zero-order valence-corrected chi connectivity index (χ0v) is 12.2. The van der Waals surface area contributed by atoms with E-state index in [4.69, 9.17) is 4.74 Å². The number of carbonyl (C=O) groups is 1. The Bertz CT molecular complexity index is 546. The minimum atomic E-state index is -0.229. The molecule has 2 heterocycles. The number of hydrogen-bond donors (Lipinski definition) is 2. The van der Waals surface area contributed by atoms with Crippen LogP contribution in [0.15, 0.2) is 9.85 Å². The van der Waals surface area contributed by atoms with Gasteiger partial charge < -0.3 is 4.74 Å². The summed E-state index contributed by atoms with van der Waals surface area (Å²) in [6.45, 7) is 4.24. The molecule has 2 N–H and O–H groups in total. The van der Waals surface area contributed by atoms with Gasteiger partial charge in [0.05, 0.1) is 15.3 Å². The number of aromatic nitrogens is 3. The number of halogens is 1. The van der Waals surface area contributed by atoms with E-state index < -0.39 is 0 Å². The van der Waals surface area contributed by atoms with Gasteiger partial charge in [0.25, 0.3) is 5.91 Å². The molecule has 1 amide bonds. The molecule has 0 aromatic carbocycles. The van der Waals surface area contributed by atoms with E-state index in [2.05, 4.69) is 36.4 Å². The highest BCUT2D eigenvalue weighted by Gasteiger charge is 2.13. The lowest BCUT2D eigenvalue weighted by Crippen LogP contribution is -2.11. The number of aromatic amines is 1. The molecule has 0 unspecified atom stereocenters. The smallest absolute Gasteiger partial charge is 0.337 e. The number of carbonyl (C=O) groups excluding carboxylic acids is 1. The predicted octanol–water partition coefficient (Wildman–Crippen LogP) is 2.59. The van der Waals surface area contributed by atoms with E-state index in [9.17, 15) is 4.79 Å². The van der Waals surface area contributed by atoms with E-state index in [0.717, 1.165) is 9.35 Å². The van der Waals surface area contributed by atoms with Crippen molar-refractivity contribution < 1.29 is 9.53 Å². The summed E-state index contributed by atoms with van der Waals surface area (Å²) in [7, 11) is 0. The molecule has 0 saturated carbocycles. The number of anilines is 1. The molecule has 18 heavy (non-hydrogen) atoms. The predicted molar refractivity (Wildman–Crippen MR) is 72.3 cm³/mol. The molecule has 6 nitrogen and oxygen atoms in total. The van der Waals surface area contributed by atoms with E-state index in [1.54, 1.807) is 0 Å². The minimum absolute atomic E-state index is 0.219. The molecule has 0 atom stereocenters. The zero-order valence-electron chi connectivity index (χ0n) is 9.78. The van der Waals surface area contributed by atoms with Crippen molar-refractivity contribution >= 4 is 39.1 Å². The molecule has 0 aliphatic rings. The van der Waals surface area contributed by atoms with E-state index in [1.165, 1.54) is 11.3 Å². The summed E-state index contributed by atoms with van der Waals surface area (Å²) in [6.07, 6.45) is 0. The Balaban J connectivity index is 2.06. The van der Waals surface area contributed by atoms with Gasteiger partial charge in [-0.1, -0.05) is 0 Å². The highest BCUT2D eigenvalue weighted by Crippen LogP contribution is 2.27. The van der Waals surface area contributed by atoms with Crippen LogP contribution in [0.4, 0.5) is 5.95 Å². The first-order valence-corrected chi connectivity index (χ1v) is 6.83. The van der Waals surface area contributed by atoms with Crippen LogP contribution in [0, 0.1) is 6.92 Å². The number of H-pyrrole nitrogens is 1. The second-order valence-corrected chi connectivity index (χ2v) is 5.79. The molecule has 2 aromatic rings. The summed E-state index contributed by atoms with van der Waals surface area (Å²) in [5.41, 5.74) is 1.03. The quantitative estimate of drug-likeness (QED) is 0.902. The maximum atomic E-state index is 11.9. The zero-order chi connectivity index (χ0) is 13.1. The van der Waals surface area contributed by atoms with Crippen LogP contribution in [0.2, 0.25) is 0 Å². The van der Waals surface area contributed by atoms with Gasteiger partial charge in [0, 0.05) is 0 Å². The van der Waals surface area contributed by atoms with Crippen molar-refractivity contribution in [2.75, 3.05) is 11.9 Å². The van der Waals surface area contributed by atoms with Crippen LogP contribution in [0.25, 0.3) is 0 Å². The summed E-state index contributed by atoms with van der Waals surface area (Å²) in [5, 5.41) is 9.00. The van der Waals surface area contributed by atoms with Crippen molar-refractivity contribution in [1.82, 2.24) is 15.2 Å². The number of thiophene rings is 1. The third-order valence-corrected chi connectivity index (χ3v) is 4.19. The molecule has 0 aliphatic carbocycles. The highest BCUT2D eigenvalue weighted by atomic mass is 79.9. The molecule has 96 valence electrons. The van der Waals surface area contributed by atoms with Crippen LogP contribution >= 0.6 is 27.3 Å². The number of hydrogen-bond acceptors (Lipinski definition) is 5. The third-order valence-electron chi connectivity index (χ3n) is 2.05. The Morgan fingerprint density at radius 3 is 3.06 bits per heavy atom. The fraction of sp³-hybridized carbons (Fsp3) is 0.300. The fourth-order valence-corrected chi connectivity index (χ4v) is 2.67. The number of aryl methyl sites for hydroxylation is 1. The number of amides is 1. The molecule has 8 heteroatoms. The summed E-state index contributed by atoms with van der Waals surface area (Å²) >= 11 is 4.75. The first-order chi connectivity index (χ1) is 8.60. The Labute approximate surface area is 116 Å². The summed E-state index contributed by atoms with van der Waals surface area (Å²) in [4.78, 5) is 16.5. The van der Waals surface area contributed by atoms with Crippen LogP contribution in [0.3, 0.4) is 0 Å². The fourth-order valence-electron chi connectivity index (χ4n) is 1.24. The molecule has 0 bridgehead atoms. The van der Waals surface area contributed by atoms with Gasteiger partial charge in [-0.3, -0.25) is 10.1 Å². The maximum absolute atomic E-state index is 11.9. The van der Waals surface area contributed by atoms with Crippen LogP contribution in [0.5, 0.6) is 6.01 Å². The Morgan fingerprint density at radius 2 is 2.44 bits per heavy atom.